The third kappa shape index (κ3) is 5.44. The molecule has 0 aliphatic heterocycles. The Labute approximate surface area is 141 Å². The molecule has 2 rings (SSSR count). The SMILES string of the molecule is CC(C)(C)OC(=O)NCCCNCc1[nH]c2ccccc2c1Cl. The highest BCUT2D eigenvalue weighted by Gasteiger charge is 2.15. The molecule has 1 amide bonds. The Kier molecular flexibility index (Phi) is 5.91. The quantitative estimate of drug-likeness (QED) is 0.702. The largest absolute Gasteiger partial charge is 0.444 e. The van der Waals surface area contributed by atoms with E-state index in [1.807, 2.05) is 45.0 Å². The van der Waals surface area contributed by atoms with Gasteiger partial charge in [-0.05, 0) is 39.8 Å². The maximum absolute atomic E-state index is 11.5. The van der Waals surface area contributed by atoms with Crippen molar-refractivity contribution in [1.29, 1.82) is 0 Å². The lowest BCUT2D eigenvalue weighted by molar-refractivity contribution is 0.0527. The number of H-pyrrole nitrogens is 1. The van der Waals surface area contributed by atoms with E-state index >= 15 is 0 Å². The van der Waals surface area contributed by atoms with E-state index in [4.69, 9.17) is 16.3 Å². The third-order valence-electron chi connectivity index (χ3n) is 3.21. The number of hydrogen-bond donors (Lipinski definition) is 3. The normalized spacial score (nSPS) is 11.7. The highest BCUT2D eigenvalue weighted by Crippen LogP contribution is 2.26. The second-order valence-corrected chi connectivity index (χ2v) is 6.80. The molecule has 0 saturated heterocycles. The monoisotopic (exact) mass is 337 g/mol. The van der Waals surface area contributed by atoms with Gasteiger partial charge in [0.05, 0.1) is 5.02 Å². The van der Waals surface area contributed by atoms with E-state index < -0.39 is 5.60 Å². The molecule has 1 aromatic carbocycles. The fourth-order valence-corrected chi connectivity index (χ4v) is 2.50. The van der Waals surface area contributed by atoms with Gasteiger partial charge in [-0.1, -0.05) is 29.8 Å². The van der Waals surface area contributed by atoms with Crippen LogP contribution in [0.2, 0.25) is 5.02 Å². The maximum atomic E-state index is 11.5. The van der Waals surface area contributed by atoms with Crippen molar-refractivity contribution in [3.05, 3.63) is 35.0 Å². The summed E-state index contributed by atoms with van der Waals surface area (Å²) >= 11 is 6.36. The molecule has 1 aromatic heterocycles. The molecule has 0 atom stereocenters. The van der Waals surface area contributed by atoms with Gasteiger partial charge in [-0.25, -0.2) is 4.79 Å². The molecule has 1 heterocycles. The van der Waals surface area contributed by atoms with E-state index in [1.54, 1.807) is 0 Å². The Balaban J connectivity index is 1.67. The molecule has 0 fully saturated rings. The van der Waals surface area contributed by atoms with Crippen molar-refractivity contribution >= 4 is 28.6 Å². The molecule has 0 spiro atoms. The Morgan fingerprint density at radius 2 is 2.00 bits per heavy atom. The van der Waals surface area contributed by atoms with Crippen LogP contribution in [0.5, 0.6) is 0 Å². The van der Waals surface area contributed by atoms with Crippen LogP contribution in [-0.2, 0) is 11.3 Å². The zero-order chi connectivity index (χ0) is 16.9. The molecule has 0 radical (unpaired) electrons. The van der Waals surface area contributed by atoms with E-state index in [1.165, 1.54) is 0 Å². The summed E-state index contributed by atoms with van der Waals surface area (Å²) in [7, 11) is 0. The highest BCUT2D eigenvalue weighted by molar-refractivity contribution is 6.36. The first-order valence-electron chi connectivity index (χ1n) is 7.79. The van der Waals surface area contributed by atoms with Crippen LogP contribution in [0.15, 0.2) is 24.3 Å². The summed E-state index contributed by atoms with van der Waals surface area (Å²) in [6.07, 6.45) is 0.438. The molecule has 6 heteroatoms. The summed E-state index contributed by atoms with van der Waals surface area (Å²) in [5.41, 5.74) is 1.56. The fourth-order valence-electron chi connectivity index (χ4n) is 2.22. The van der Waals surface area contributed by atoms with Crippen molar-refractivity contribution in [3.63, 3.8) is 0 Å². The Morgan fingerprint density at radius 1 is 1.26 bits per heavy atom. The zero-order valence-corrected chi connectivity index (χ0v) is 14.6. The highest BCUT2D eigenvalue weighted by atomic mass is 35.5. The molecular formula is C17H24ClN3O2. The van der Waals surface area contributed by atoms with Crippen LogP contribution in [0.25, 0.3) is 10.9 Å². The van der Waals surface area contributed by atoms with Crippen molar-refractivity contribution in [2.45, 2.75) is 39.3 Å². The van der Waals surface area contributed by atoms with Crippen LogP contribution in [0.3, 0.4) is 0 Å². The standard InChI is InChI=1S/C17H24ClN3O2/c1-17(2,3)23-16(22)20-10-6-9-19-11-14-15(18)12-7-4-5-8-13(12)21-14/h4-5,7-8,19,21H,6,9-11H2,1-3H3,(H,20,22). The molecule has 126 valence electrons. The molecule has 0 unspecified atom stereocenters. The number of alkyl carbamates (subject to hydrolysis) is 1. The van der Waals surface area contributed by atoms with Gasteiger partial charge in [-0.2, -0.15) is 0 Å². The summed E-state index contributed by atoms with van der Waals surface area (Å²) in [6.45, 7) is 7.55. The summed E-state index contributed by atoms with van der Waals surface area (Å²) < 4.78 is 5.17. The molecule has 0 aliphatic rings. The number of carbonyl (C=O) groups excluding carboxylic acids is 1. The van der Waals surface area contributed by atoms with Gasteiger partial charge in [-0.3, -0.25) is 0 Å². The lowest BCUT2D eigenvalue weighted by Gasteiger charge is -2.19. The lowest BCUT2D eigenvalue weighted by Crippen LogP contribution is -2.33. The number of aromatic amines is 1. The summed E-state index contributed by atoms with van der Waals surface area (Å²) in [5.74, 6) is 0. The first-order chi connectivity index (χ1) is 10.9. The Morgan fingerprint density at radius 3 is 2.70 bits per heavy atom. The van der Waals surface area contributed by atoms with Crippen molar-refractivity contribution in [2.24, 2.45) is 0 Å². The molecular weight excluding hydrogens is 314 g/mol. The van der Waals surface area contributed by atoms with Gasteiger partial charge in [0.2, 0.25) is 0 Å². The van der Waals surface area contributed by atoms with Gasteiger partial charge >= 0.3 is 6.09 Å². The van der Waals surface area contributed by atoms with Gasteiger partial charge < -0.3 is 20.4 Å². The number of para-hydroxylation sites is 1. The summed E-state index contributed by atoms with van der Waals surface area (Å²) in [5, 5.41) is 7.86. The molecule has 0 bridgehead atoms. The van der Waals surface area contributed by atoms with Gasteiger partial charge in [0.1, 0.15) is 5.60 Å². The van der Waals surface area contributed by atoms with Gasteiger partial charge in [0, 0.05) is 29.7 Å². The van der Waals surface area contributed by atoms with Crippen LogP contribution >= 0.6 is 11.6 Å². The first kappa shape index (κ1) is 17.6. The van der Waals surface area contributed by atoms with Gasteiger partial charge in [-0.15, -0.1) is 0 Å². The van der Waals surface area contributed by atoms with E-state index in [2.05, 4.69) is 15.6 Å². The number of amides is 1. The number of hydrogen-bond acceptors (Lipinski definition) is 3. The lowest BCUT2D eigenvalue weighted by atomic mass is 10.2. The zero-order valence-electron chi connectivity index (χ0n) is 13.8. The number of benzene rings is 1. The van der Waals surface area contributed by atoms with E-state index in [0.717, 1.165) is 34.6 Å². The average Bonchev–Trinajstić information content (AvgIpc) is 2.78. The molecule has 23 heavy (non-hydrogen) atoms. The number of aromatic nitrogens is 1. The number of nitrogens with one attached hydrogen (secondary N) is 3. The summed E-state index contributed by atoms with van der Waals surface area (Å²) in [6, 6.07) is 7.97. The van der Waals surface area contributed by atoms with Crippen LogP contribution in [0, 0.1) is 0 Å². The van der Waals surface area contributed by atoms with Gasteiger partial charge in [0.15, 0.2) is 0 Å². The predicted octanol–water partition coefficient (Wildman–Crippen LogP) is 3.83. The Hall–Kier alpha value is -1.72. The van der Waals surface area contributed by atoms with Crippen LogP contribution in [-0.4, -0.2) is 29.8 Å². The van der Waals surface area contributed by atoms with E-state index in [-0.39, 0.29) is 6.09 Å². The van der Waals surface area contributed by atoms with Crippen molar-refractivity contribution in [2.75, 3.05) is 13.1 Å². The number of fused-ring (bicyclic) bond motifs is 1. The summed E-state index contributed by atoms with van der Waals surface area (Å²) in [4.78, 5) is 14.8. The number of ether oxygens (including phenoxy) is 1. The van der Waals surface area contributed by atoms with E-state index in [0.29, 0.717) is 13.1 Å². The average molecular weight is 338 g/mol. The van der Waals surface area contributed by atoms with Crippen LogP contribution in [0.4, 0.5) is 4.79 Å². The predicted molar refractivity (Wildman–Crippen MR) is 93.9 cm³/mol. The minimum atomic E-state index is -0.464. The smallest absolute Gasteiger partial charge is 0.407 e. The number of halogens is 1. The Bertz CT molecular complexity index is 661. The second kappa shape index (κ2) is 7.70. The molecule has 5 nitrogen and oxygen atoms in total. The third-order valence-corrected chi connectivity index (χ3v) is 3.65. The molecule has 0 saturated carbocycles. The van der Waals surface area contributed by atoms with Gasteiger partial charge in [0.25, 0.3) is 0 Å². The topological polar surface area (TPSA) is 66.2 Å². The minimum absolute atomic E-state index is 0.379. The number of rotatable bonds is 6. The van der Waals surface area contributed by atoms with Crippen molar-refractivity contribution < 1.29 is 9.53 Å². The maximum Gasteiger partial charge on any atom is 0.407 e. The molecule has 3 N–H and O–H groups in total. The van der Waals surface area contributed by atoms with E-state index in [9.17, 15) is 4.79 Å². The first-order valence-corrected chi connectivity index (χ1v) is 8.17. The number of carbonyl (C=O) groups is 1. The molecule has 0 aliphatic carbocycles. The van der Waals surface area contributed by atoms with Crippen LogP contribution in [0.1, 0.15) is 32.9 Å². The second-order valence-electron chi connectivity index (χ2n) is 6.42. The van der Waals surface area contributed by atoms with Crippen LogP contribution < -0.4 is 10.6 Å². The van der Waals surface area contributed by atoms with Crippen molar-refractivity contribution in [3.8, 4) is 0 Å². The fraction of sp³-hybridized carbons (Fsp3) is 0.471. The van der Waals surface area contributed by atoms with Crippen molar-refractivity contribution in [1.82, 2.24) is 15.6 Å². The molecule has 2 aromatic rings. The minimum Gasteiger partial charge on any atom is -0.444 e.